The van der Waals surface area contributed by atoms with Crippen molar-refractivity contribution in [2.45, 2.75) is 25.5 Å². The van der Waals surface area contributed by atoms with Gasteiger partial charge in [-0.3, -0.25) is 0 Å². The molecule has 6 heteroatoms. The van der Waals surface area contributed by atoms with E-state index in [9.17, 15) is 0 Å². The molecule has 1 heterocycles. The highest BCUT2D eigenvalue weighted by molar-refractivity contribution is 5.97. The van der Waals surface area contributed by atoms with E-state index in [1.165, 1.54) is 5.56 Å². The van der Waals surface area contributed by atoms with Crippen LogP contribution in [0.15, 0.2) is 23.4 Å². The number of hydrogen-bond donors (Lipinski definition) is 3. The summed E-state index contributed by atoms with van der Waals surface area (Å²) in [5.74, 6) is 0.124. The Balaban J connectivity index is 1.94. The molecule has 0 saturated carbocycles. The van der Waals surface area contributed by atoms with E-state index in [2.05, 4.69) is 10.5 Å². The number of hydrogen-bond acceptors (Lipinski definition) is 5. The summed E-state index contributed by atoms with van der Waals surface area (Å²) in [4.78, 5) is 0. The summed E-state index contributed by atoms with van der Waals surface area (Å²) >= 11 is 0. The van der Waals surface area contributed by atoms with Gasteiger partial charge in [-0.15, -0.1) is 0 Å². The largest absolute Gasteiger partial charge is 0.409 e. The molecular formula is C15H23N3O3. The Morgan fingerprint density at radius 2 is 2.38 bits per heavy atom. The van der Waals surface area contributed by atoms with Crippen molar-refractivity contribution >= 4 is 5.84 Å². The standard InChI is InChI=1S/C15H23N3O3/c1-11-7-12(14(16)18-19)3-4-13(11)8-17-9-15(20-2)5-6-21-10-15/h3-4,7,17,19H,5-6,8-10H2,1-2H3,(H2,16,18). The lowest BCUT2D eigenvalue weighted by molar-refractivity contribution is -0.0159. The quantitative estimate of drug-likeness (QED) is 0.315. The SMILES string of the molecule is COC1(CNCc2ccc(/C(N)=N/O)cc2C)CCOC1. The zero-order chi connectivity index (χ0) is 15.3. The summed E-state index contributed by atoms with van der Waals surface area (Å²) in [6, 6.07) is 5.75. The van der Waals surface area contributed by atoms with Gasteiger partial charge < -0.3 is 25.7 Å². The highest BCUT2D eigenvalue weighted by Crippen LogP contribution is 2.21. The molecule has 0 radical (unpaired) electrons. The molecule has 1 aliphatic heterocycles. The summed E-state index contributed by atoms with van der Waals surface area (Å²) in [7, 11) is 1.73. The first-order valence-electron chi connectivity index (χ1n) is 7.01. The zero-order valence-corrected chi connectivity index (χ0v) is 12.6. The molecule has 1 saturated heterocycles. The fourth-order valence-electron chi connectivity index (χ4n) is 2.50. The van der Waals surface area contributed by atoms with Gasteiger partial charge in [-0.1, -0.05) is 17.3 Å². The van der Waals surface area contributed by atoms with Crippen molar-refractivity contribution in [3.63, 3.8) is 0 Å². The topological polar surface area (TPSA) is 89.1 Å². The fraction of sp³-hybridized carbons (Fsp3) is 0.533. The van der Waals surface area contributed by atoms with Crippen LogP contribution in [0.25, 0.3) is 0 Å². The number of rotatable bonds is 6. The summed E-state index contributed by atoms with van der Waals surface area (Å²) in [5.41, 5.74) is 8.37. The highest BCUT2D eigenvalue weighted by atomic mass is 16.5. The summed E-state index contributed by atoms with van der Waals surface area (Å²) < 4.78 is 11.0. The van der Waals surface area contributed by atoms with Crippen LogP contribution in [0, 0.1) is 6.92 Å². The number of nitrogens with one attached hydrogen (secondary N) is 1. The minimum atomic E-state index is -0.207. The molecule has 2 rings (SSSR count). The molecule has 1 fully saturated rings. The van der Waals surface area contributed by atoms with Gasteiger partial charge in [0.25, 0.3) is 0 Å². The number of methoxy groups -OCH3 is 1. The maximum absolute atomic E-state index is 8.69. The second kappa shape index (κ2) is 6.89. The van der Waals surface area contributed by atoms with Crippen LogP contribution >= 0.6 is 0 Å². The number of oxime groups is 1. The molecule has 1 atom stereocenters. The second-order valence-electron chi connectivity index (χ2n) is 5.42. The van der Waals surface area contributed by atoms with Crippen LogP contribution in [0.1, 0.15) is 23.1 Å². The van der Waals surface area contributed by atoms with Crippen LogP contribution in [-0.4, -0.2) is 43.5 Å². The maximum atomic E-state index is 8.69. The maximum Gasteiger partial charge on any atom is 0.170 e. The van der Waals surface area contributed by atoms with Crippen LogP contribution < -0.4 is 11.1 Å². The molecule has 116 valence electrons. The first kappa shape index (κ1) is 15.8. The normalized spacial score (nSPS) is 22.7. The average molecular weight is 293 g/mol. The summed E-state index contributed by atoms with van der Waals surface area (Å²) in [6.45, 7) is 4.90. The van der Waals surface area contributed by atoms with Crippen LogP contribution in [-0.2, 0) is 16.0 Å². The molecule has 0 spiro atoms. The van der Waals surface area contributed by atoms with Crippen molar-refractivity contribution in [3.05, 3.63) is 34.9 Å². The lowest BCUT2D eigenvalue weighted by atomic mass is 10.0. The van der Waals surface area contributed by atoms with E-state index in [1.807, 2.05) is 25.1 Å². The van der Waals surface area contributed by atoms with E-state index in [4.69, 9.17) is 20.4 Å². The molecule has 0 aliphatic carbocycles. The van der Waals surface area contributed by atoms with Gasteiger partial charge in [0.2, 0.25) is 0 Å². The third kappa shape index (κ3) is 3.72. The molecule has 6 nitrogen and oxygen atoms in total. The monoisotopic (exact) mass is 293 g/mol. The number of benzene rings is 1. The van der Waals surface area contributed by atoms with E-state index < -0.39 is 0 Å². The van der Waals surface area contributed by atoms with Crippen LogP contribution in [0.3, 0.4) is 0 Å². The third-order valence-electron chi connectivity index (χ3n) is 4.01. The van der Waals surface area contributed by atoms with E-state index in [0.29, 0.717) is 6.61 Å². The van der Waals surface area contributed by atoms with Crippen molar-refractivity contribution < 1.29 is 14.7 Å². The highest BCUT2D eigenvalue weighted by Gasteiger charge is 2.34. The number of ether oxygens (including phenoxy) is 2. The van der Waals surface area contributed by atoms with Gasteiger partial charge in [-0.25, -0.2) is 0 Å². The van der Waals surface area contributed by atoms with E-state index >= 15 is 0 Å². The molecule has 1 aromatic carbocycles. The Morgan fingerprint density at radius 1 is 1.57 bits per heavy atom. The van der Waals surface area contributed by atoms with Gasteiger partial charge in [0.1, 0.15) is 5.60 Å². The number of amidine groups is 1. The molecule has 0 aromatic heterocycles. The lowest BCUT2D eigenvalue weighted by Gasteiger charge is -2.26. The molecule has 0 bridgehead atoms. The van der Waals surface area contributed by atoms with Crippen molar-refractivity contribution in [2.24, 2.45) is 10.9 Å². The number of nitrogens with two attached hydrogens (primary N) is 1. The molecule has 1 aliphatic rings. The fourth-order valence-corrected chi connectivity index (χ4v) is 2.50. The summed E-state index contributed by atoms with van der Waals surface area (Å²) in [6.07, 6.45) is 0.915. The Labute approximate surface area is 124 Å². The van der Waals surface area contributed by atoms with Crippen LogP contribution in [0.5, 0.6) is 0 Å². The smallest absolute Gasteiger partial charge is 0.170 e. The van der Waals surface area contributed by atoms with E-state index in [1.54, 1.807) is 7.11 Å². The molecule has 4 N–H and O–H groups in total. The number of aryl methyl sites for hydroxylation is 1. The molecule has 1 aromatic rings. The van der Waals surface area contributed by atoms with Gasteiger partial charge in [-0.05, 0) is 24.1 Å². The van der Waals surface area contributed by atoms with Crippen molar-refractivity contribution in [1.82, 2.24) is 5.32 Å². The first-order valence-corrected chi connectivity index (χ1v) is 7.01. The van der Waals surface area contributed by atoms with Gasteiger partial charge in [0.15, 0.2) is 5.84 Å². The lowest BCUT2D eigenvalue weighted by Crippen LogP contribution is -2.42. The third-order valence-corrected chi connectivity index (χ3v) is 4.01. The molecular weight excluding hydrogens is 270 g/mol. The molecule has 1 unspecified atom stereocenters. The Kier molecular flexibility index (Phi) is 5.17. The van der Waals surface area contributed by atoms with Gasteiger partial charge >= 0.3 is 0 Å². The second-order valence-corrected chi connectivity index (χ2v) is 5.42. The van der Waals surface area contributed by atoms with Gasteiger partial charge in [-0.2, -0.15) is 0 Å². The minimum Gasteiger partial charge on any atom is -0.409 e. The van der Waals surface area contributed by atoms with Crippen molar-refractivity contribution in [1.29, 1.82) is 0 Å². The zero-order valence-electron chi connectivity index (χ0n) is 12.6. The predicted molar refractivity (Wildman–Crippen MR) is 80.6 cm³/mol. The average Bonchev–Trinajstić information content (AvgIpc) is 2.97. The van der Waals surface area contributed by atoms with E-state index in [-0.39, 0.29) is 11.4 Å². The van der Waals surface area contributed by atoms with Gasteiger partial charge in [0, 0.05) is 38.8 Å². The van der Waals surface area contributed by atoms with Gasteiger partial charge in [0.05, 0.1) is 6.61 Å². The number of nitrogens with zero attached hydrogens (tertiary/aromatic N) is 1. The minimum absolute atomic E-state index is 0.124. The molecule has 21 heavy (non-hydrogen) atoms. The Hall–Kier alpha value is -1.63. The molecule has 0 amide bonds. The first-order chi connectivity index (χ1) is 10.1. The van der Waals surface area contributed by atoms with Crippen LogP contribution in [0.2, 0.25) is 0 Å². The van der Waals surface area contributed by atoms with E-state index in [0.717, 1.165) is 37.2 Å². The summed E-state index contributed by atoms with van der Waals surface area (Å²) in [5, 5.41) is 15.1. The Bertz CT molecular complexity index is 511. The van der Waals surface area contributed by atoms with Crippen molar-refractivity contribution in [2.75, 3.05) is 26.9 Å². The predicted octanol–water partition coefficient (Wildman–Crippen LogP) is 0.985. The Morgan fingerprint density at radius 3 is 2.95 bits per heavy atom. The van der Waals surface area contributed by atoms with Crippen molar-refractivity contribution in [3.8, 4) is 0 Å². The van der Waals surface area contributed by atoms with Crippen LogP contribution in [0.4, 0.5) is 0 Å².